The molecule has 21 nitrogen and oxygen atoms in total. The average Bonchev–Trinajstić information content (AvgIpc) is 1.46. The van der Waals surface area contributed by atoms with Gasteiger partial charge in [-0.3, -0.25) is 33.9 Å². The standard InChI is InChI=1S/C34H37F6N5O5S.C21H20F6N2O4S.C13H19N3O2.4CH4.2ClH/c1-3-7-27-32(50-22-18-28(51-21-22)34(38,39)40,11-6-13-45(27)30(47)23-19-41-12-10-24(23)33(35,36)37)31(48)44-16-14-43(15-17-44)26-9-5-4-8-25(26)42-29(46)20-49-2;1-2-4-15-19(18(31)32,33-12-9-16(34-11-12)21(25,26)27)6-3-8-29(15)17(30)13-10-28-7-5-14(13)20(22,23)24;1-18-10-13(17)15-11-4-2-3-5-12(11)16-8-6-14-7-9-16;;;;;;/h4-5,8-10,12,18-19,21,27H,3,6-7,11,13-17,20H2,1-2H3,(H,42,46);5,7,9-11,15H,2-4,6,8H2,1H3,(H,31,32);2-5,14H,6-10H2,1H3,(H,15,17);4*1H4;2*1H/t27-,32+;15-,19+;;;;;;;/m11......./s1. The van der Waals surface area contributed by atoms with Gasteiger partial charge in [-0.15, -0.1) is 47.5 Å². The van der Waals surface area contributed by atoms with Crippen molar-refractivity contribution in [1.29, 1.82) is 0 Å². The van der Waals surface area contributed by atoms with Crippen molar-refractivity contribution in [3.05, 3.63) is 140 Å². The van der Waals surface area contributed by atoms with Crippen LogP contribution in [-0.4, -0.2) is 181 Å². The zero-order chi connectivity index (χ0) is 75.1. The molecule has 10 rings (SSSR count). The van der Waals surface area contributed by atoms with E-state index in [9.17, 15) is 86.6 Å². The Bertz CT molecular complexity index is 3900. The van der Waals surface area contributed by atoms with Crippen molar-refractivity contribution in [2.45, 2.75) is 143 Å². The summed E-state index contributed by atoms with van der Waals surface area (Å²) in [5.41, 5.74) is -4.75. The Morgan fingerprint density at radius 1 is 0.550 bits per heavy atom. The van der Waals surface area contributed by atoms with Gasteiger partial charge in [-0.1, -0.05) is 80.7 Å². The number of alkyl halides is 12. The Morgan fingerprint density at radius 2 is 0.936 bits per heavy atom. The fraction of sp³-hybridized carbons (Fsp3) is 0.500. The number of pyridine rings is 2. The molecule has 0 radical (unpaired) electrons. The van der Waals surface area contributed by atoms with Crippen molar-refractivity contribution in [3.63, 3.8) is 0 Å². The van der Waals surface area contributed by atoms with Gasteiger partial charge in [0.15, 0.2) is 0 Å². The van der Waals surface area contributed by atoms with Crippen LogP contribution >= 0.6 is 47.5 Å². The molecule has 608 valence electrons. The van der Waals surface area contributed by atoms with Crippen LogP contribution < -0.4 is 35.2 Å². The molecule has 0 aliphatic carbocycles. The molecule has 4 fully saturated rings. The SMILES string of the molecule is C.C.C.C.CCC[C@H]1N(C(=O)c2cnccc2C(F)(F)F)CCC[C@@]1(Oc1csc(C(F)(F)F)c1)C(=O)N1CCN(c2ccccc2NC(=O)COC)CC1.CCC[C@H]1N(C(=O)c2cnccc2C(F)(F)F)CCC[C@@]1(Oc1csc(C(F)(F)F)c1)C(=O)O.COCC(=O)Nc1ccccc1N1CCNCC1.Cl.Cl. The molecule has 0 saturated carbocycles. The minimum atomic E-state index is -4.87. The highest BCUT2D eigenvalue weighted by atomic mass is 35.5. The number of hydrogen-bond donors (Lipinski definition) is 4. The van der Waals surface area contributed by atoms with E-state index < -0.39 is 104 Å². The van der Waals surface area contributed by atoms with Gasteiger partial charge in [0.1, 0.15) is 34.5 Å². The normalized spacial score (nSPS) is 18.6. The van der Waals surface area contributed by atoms with Crippen LogP contribution in [0.1, 0.15) is 137 Å². The maximum absolute atomic E-state index is 14.8. The van der Waals surface area contributed by atoms with Crippen molar-refractivity contribution in [2.24, 2.45) is 0 Å². The second kappa shape index (κ2) is 42.3. The number of carboxylic acid groups (broad SMARTS) is 1. The number of piperidine rings is 2. The molecule has 4 aromatic heterocycles. The van der Waals surface area contributed by atoms with E-state index in [4.69, 9.17) is 18.9 Å². The first kappa shape index (κ1) is 96.9. The Hall–Kier alpha value is -8.22. The number of aromatic nitrogens is 2. The second-order valence-electron chi connectivity index (χ2n) is 24.2. The lowest BCUT2D eigenvalue weighted by atomic mass is 9.79. The molecule has 4 saturated heterocycles. The number of ether oxygens (including phenoxy) is 4. The number of nitrogens with zero attached hydrogens (tertiary/aromatic N) is 7. The van der Waals surface area contributed by atoms with Crippen LogP contribution in [0.3, 0.4) is 0 Å². The molecule has 2 aromatic carbocycles. The van der Waals surface area contributed by atoms with Crippen LogP contribution in [-0.2, 0) is 53.4 Å². The molecule has 0 spiro atoms. The van der Waals surface area contributed by atoms with E-state index in [0.29, 0.717) is 78.2 Å². The summed E-state index contributed by atoms with van der Waals surface area (Å²) < 4.78 is 184. The summed E-state index contributed by atoms with van der Waals surface area (Å²) in [6, 6.07) is 15.4. The van der Waals surface area contributed by atoms with Gasteiger partial charge in [0.05, 0.1) is 57.1 Å². The zero-order valence-corrected chi connectivity index (χ0v) is 60.3. The van der Waals surface area contributed by atoms with Gasteiger partial charge in [0, 0.05) is 140 Å². The number of benzene rings is 2. The predicted octanol–water partition coefficient (Wildman–Crippen LogP) is 15.9. The summed E-state index contributed by atoms with van der Waals surface area (Å²) in [4.78, 5) is 91.6. The topological polar surface area (TPSA) is 238 Å². The van der Waals surface area contributed by atoms with Gasteiger partial charge in [0.2, 0.25) is 23.0 Å². The third-order valence-electron chi connectivity index (χ3n) is 17.4. The predicted molar refractivity (Wildman–Crippen MR) is 399 cm³/mol. The van der Waals surface area contributed by atoms with Gasteiger partial charge in [-0.05, 0) is 62.1 Å². The number of hydrogen-bond acceptors (Lipinski definition) is 17. The van der Waals surface area contributed by atoms with E-state index in [2.05, 4.69) is 30.8 Å². The fourth-order valence-electron chi connectivity index (χ4n) is 12.9. The summed E-state index contributed by atoms with van der Waals surface area (Å²) in [5.74, 6) is -5.23. The Kier molecular flexibility index (Phi) is 37.6. The monoisotopic (exact) mass is 1640 g/mol. The number of nitrogens with one attached hydrogen (secondary N) is 3. The summed E-state index contributed by atoms with van der Waals surface area (Å²) in [5, 5.41) is 21.2. The minimum Gasteiger partial charge on any atom is -0.478 e. The molecule has 4 aliphatic heterocycles. The highest BCUT2D eigenvalue weighted by molar-refractivity contribution is 7.10. The lowest BCUT2D eigenvalue weighted by Gasteiger charge is -2.51. The molecule has 4 aliphatic rings. The second-order valence-corrected chi connectivity index (χ2v) is 26.1. The van der Waals surface area contributed by atoms with Crippen molar-refractivity contribution in [1.82, 2.24) is 30.0 Å². The van der Waals surface area contributed by atoms with E-state index in [-0.39, 0.29) is 156 Å². The van der Waals surface area contributed by atoms with E-state index in [1.165, 1.54) is 24.0 Å². The van der Waals surface area contributed by atoms with Crippen molar-refractivity contribution in [2.75, 3.05) is 113 Å². The minimum absolute atomic E-state index is 0. The van der Waals surface area contributed by atoms with Crippen LogP contribution in [0.5, 0.6) is 11.5 Å². The van der Waals surface area contributed by atoms with E-state index in [0.717, 1.165) is 84.1 Å². The quantitative estimate of drug-likeness (QED) is 0.0520. The number of carbonyl (C=O) groups is 6. The van der Waals surface area contributed by atoms with Crippen LogP contribution in [0.4, 0.5) is 75.4 Å². The van der Waals surface area contributed by atoms with Crippen LogP contribution in [0.25, 0.3) is 0 Å². The molecule has 0 unspecified atom stereocenters. The Labute approximate surface area is 646 Å². The molecule has 6 aromatic rings. The number of thiophene rings is 2. The molecule has 5 amide bonds. The third-order valence-corrected chi connectivity index (χ3v) is 19.3. The number of anilines is 4. The molecule has 109 heavy (non-hydrogen) atoms. The smallest absolute Gasteiger partial charge is 0.425 e. The lowest BCUT2D eigenvalue weighted by Crippen LogP contribution is -2.69. The van der Waals surface area contributed by atoms with Gasteiger partial charge < -0.3 is 64.5 Å². The molecule has 4 atom stereocenters. The number of para-hydroxylation sites is 4. The average molecular weight is 1640 g/mol. The largest absolute Gasteiger partial charge is 0.478 e. The summed E-state index contributed by atoms with van der Waals surface area (Å²) in [7, 11) is 2.92. The van der Waals surface area contributed by atoms with E-state index in [1.807, 2.05) is 35.2 Å². The molecule has 37 heteroatoms. The third kappa shape index (κ3) is 23.9. The Morgan fingerprint density at radius 3 is 1.31 bits per heavy atom. The number of methoxy groups -OCH3 is 2. The number of carbonyl (C=O) groups excluding carboxylic acids is 5. The first-order valence-corrected chi connectivity index (χ1v) is 34.4. The van der Waals surface area contributed by atoms with Gasteiger partial charge in [-0.2, -0.15) is 52.7 Å². The summed E-state index contributed by atoms with van der Waals surface area (Å²) >= 11 is 0.709. The Balaban J connectivity index is 0.000000600. The molecule has 0 bridgehead atoms. The number of rotatable bonds is 20. The van der Waals surface area contributed by atoms with Gasteiger partial charge >= 0.3 is 30.7 Å². The van der Waals surface area contributed by atoms with Gasteiger partial charge in [-0.25, -0.2) is 4.79 Å². The van der Waals surface area contributed by atoms with Crippen molar-refractivity contribution >= 4 is 106 Å². The number of piperazine rings is 2. The number of likely N-dealkylation sites (tertiary alicyclic amines) is 2. The summed E-state index contributed by atoms with van der Waals surface area (Å²) in [6.45, 7) is 8.09. The number of amides is 5. The lowest BCUT2D eigenvalue weighted by molar-refractivity contribution is -0.166. The highest BCUT2D eigenvalue weighted by Crippen LogP contribution is 2.46. The number of halogens is 14. The zero-order valence-electron chi connectivity index (χ0n) is 57.0. The molecular formula is C72H94Cl2F12N10O11S2. The maximum atomic E-state index is 14.8. The summed E-state index contributed by atoms with van der Waals surface area (Å²) in [6.07, 6.45) is -14.7. The van der Waals surface area contributed by atoms with Crippen molar-refractivity contribution in [3.8, 4) is 11.5 Å². The van der Waals surface area contributed by atoms with Gasteiger partial charge in [0.25, 0.3) is 17.7 Å². The molecular weight excluding hydrogens is 1540 g/mol. The van der Waals surface area contributed by atoms with E-state index in [1.54, 1.807) is 32.0 Å². The van der Waals surface area contributed by atoms with Crippen molar-refractivity contribution < 1.29 is 106 Å². The highest BCUT2D eigenvalue weighted by Gasteiger charge is 2.58. The fourth-order valence-corrected chi connectivity index (χ4v) is 14.2. The maximum Gasteiger partial charge on any atom is 0.425 e. The number of carboxylic acids is 1. The van der Waals surface area contributed by atoms with Crippen LogP contribution in [0, 0.1) is 0 Å². The van der Waals surface area contributed by atoms with E-state index >= 15 is 0 Å². The molecule has 8 heterocycles. The van der Waals surface area contributed by atoms with Crippen LogP contribution in [0.15, 0.2) is 108 Å². The first-order chi connectivity index (χ1) is 48.8. The van der Waals surface area contributed by atoms with Crippen LogP contribution in [0.2, 0.25) is 0 Å². The number of aliphatic carboxylic acids is 1. The first-order valence-electron chi connectivity index (χ1n) is 32.6. The molecule has 4 N–H and O–H groups in total.